The van der Waals surface area contributed by atoms with Gasteiger partial charge in [0, 0.05) is 18.2 Å². The van der Waals surface area contributed by atoms with Crippen LogP contribution in [0.2, 0.25) is 0 Å². The van der Waals surface area contributed by atoms with E-state index in [2.05, 4.69) is 5.32 Å². The second-order valence-corrected chi connectivity index (χ2v) is 4.56. The molecule has 1 aromatic rings. The predicted molar refractivity (Wildman–Crippen MR) is 67.9 cm³/mol. The molecule has 2 rings (SSSR count). The van der Waals surface area contributed by atoms with Crippen molar-refractivity contribution in [3.63, 3.8) is 0 Å². The first kappa shape index (κ1) is 13.5. The third-order valence-electron chi connectivity index (χ3n) is 3.13. The van der Waals surface area contributed by atoms with Crippen molar-refractivity contribution in [2.45, 2.75) is 12.5 Å². The molecule has 0 aromatic heterocycles. The van der Waals surface area contributed by atoms with Crippen molar-refractivity contribution >= 4 is 11.8 Å². The number of nitrogens with two attached hydrogens (primary N) is 1. The number of carbonyl (C=O) groups excluding carboxylic acids is 2. The molecule has 1 saturated heterocycles. The largest absolute Gasteiger partial charge is 0.368 e. The maximum Gasteiger partial charge on any atom is 0.254 e. The molecule has 1 atom stereocenters. The van der Waals surface area contributed by atoms with Crippen molar-refractivity contribution in [3.8, 4) is 0 Å². The lowest BCUT2D eigenvalue weighted by Gasteiger charge is -2.27. The van der Waals surface area contributed by atoms with Crippen LogP contribution in [0.1, 0.15) is 16.8 Å². The van der Waals surface area contributed by atoms with Gasteiger partial charge in [-0.2, -0.15) is 0 Å². The van der Waals surface area contributed by atoms with E-state index in [9.17, 15) is 14.0 Å². The summed E-state index contributed by atoms with van der Waals surface area (Å²) in [6.45, 7) is 1.26. The van der Waals surface area contributed by atoms with Crippen molar-refractivity contribution in [1.82, 2.24) is 10.2 Å². The number of amides is 2. The fourth-order valence-electron chi connectivity index (χ4n) is 2.23. The van der Waals surface area contributed by atoms with Gasteiger partial charge in [-0.15, -0.1) is 0 Å². The fourth-order valence-corrected chi connectivity index (χ4v) is 2.23. The number of halogens is 1. The first-order valence-corrected chi connectivity index (χ1v) is 6.13. The molecule has 1 unspecified atom stereocenters. The van der Waals surface area contributed by atoms with Gasteiger partial charge in [0.1, 0.15) is 5.82 Å². The standard InChI is InChI=1S/C13H16FN3O2/c14-10-3-1-2-9(6-10)13(19)17(8-12(15)18)11-4-5-16-7-11/h1-3,6,11,16H,4-5,7-8H2,(H2,15,18). The Morgan fingerprint density at radius 2 is 2.26 bits per heavy atom. The highest BCUT2D eigenvalue weighted by Crippen LogP contribution is 2.14. The number of primary amides is 1. The van der Waals surface area contributed by atoms with Gasteiger partial charge in [-0.25, -0.2) is 4.39 Å². The van der Waals surface area contributed by atoms with Crippen LogP contribution in [0.4, 0.5) is 4.39 Å². The average molecular weight is 265 g/mol. The van der Waals surface area contributed by atoms with E-state index in [-0.39, 0.29) is 24.1 Å². The zero-order valence-electron chi connectivity index (χ0n) is 10.4. The minimum Gasteiger partial charge on any atom is -0.368 e. The third-order valence-corrected chi connectivity index (χ3v) is 3.13. The van der Waals surface area contributed by atoms with Crippen LogP contribution in [0.25, 0.3) is 0 Å². The lowest BCUT2D eigenvalue weighted by molar-refractivity contribution is -0.119. The molecule has 1 fully saturated rings. The number of rotatable bonds is 4. The summed E-state index contributed by atoms with van der Waals surface area (Å²) in [4.78, 5) is 24.9. The Morgan fingerprint density at radius 1 is 1.47 bits per heavy atom. The van der Waals surface area contributed by atoms with Gasteiger partial charge in [0.05, 0.1) is 6.54 Å². The first-order valence-electron chi connectivity index (χ1n) is 6.13. The quantitative estimate of drug-likeness (QED) is 0.811. The molecule has 1 aliphatic rings. The van der Waals surface area contributed by atoms with Crippen LogP contribution < -0.4 is 11.1 Å². The normalized spacial score (nSPS) is 18.3. The molecule has 1 aromatic carbocycles. The zero-order valence-corrected chi connectivity index (χ0v) is 10.4. The third kappa shape index (κ3) is 3.29. The molecule has 102 valence electrons. The van der Waals surface area contributed by atoms with E-state index < -0.39 is 11.7 Å². The van der Waals surface area contributed by atoms with Crippen LogP contribution in [-0.2, 0) is 4.79 Å². The maximum atomic E-state index is 13.2. The van der Waals surface area contributed by atoms with Crippen LogP contribution >= 0.6 is 0 Å². The minimum atomic E-state index is -0.573. The van der Waals surface area contributed by atoms with Gasteiger partial charge < -0.3 is 16.0 Å². The molecule has 0 radical (unpaired) electrons. The summed E-state index contributed by atoms with van der Waals surface area (Å²) >= 11 is 0. The van der Waals surface area contributed by atoms with E-state index >= 15 is 0 Å². The van der Waals surface area contributed by atoms with Crippen molar-refractivity contribution in [1.29, 1.82) is 0 Å². The molecular weight excluding hydrogens is 249 g/mol. The van der Waals surface area contributed by atoms with Crippen LogP contribution in [0.5, 0.6) is 0 Å². The van der Waals surface area contributed by atoms with E-state index in [1.54, 1.807) is 0 Å². The van der Waals surface area contributed by atoms with Gasteiger partial charge in [0.15, 0.2) is 0 Å². The first-order chi connectivity index (χ1) is 9.08. The Kier molecular flexibility index (Phi) is 4.11. The van der Waals surface area contributed by atoms with Gasteiger partial charge in [-0.05, 0) is 31.2 Å². The molecule has 2 amide bonds. The number of nitrogens with zero attached hydrogens (tertiary/aromatic N) is 1. The smallest absolute Gasteiger partial charge is 0.254 e. The highest BCUT2D eigenvalue weighted by Gasteiger charge is 2.28. The summed E-state index contributed by atoms with van der Waals surface area (Å²) in [5, 5.41) is 3.12. The van der Waals surface area contributed by atoms with Crippen molar-refractivity contribution in [3.05, 3.63) is 35.6 Å². The second-order valence-electron chi connectivity index (χ2n) is 4.56. The topological polar surface area (TPSA) is 75.4 Å². The predicted octanol–water partition coefficient (Wildman–Crippen LogP) is 0.115. The molecular formula is C13H16FN3O2. The second kappa shape index (κ2) is 5.79. The van der Waals surface area contributed by atoms with Gasteiger partial charge in [-0.3, -0.25) is 9.59 Å². The minimum absolute atomic E-state index is 0.0803. The number of carbonyl (C=O) groups is 2. The van der Waals surface area contributed by atoms with Gasteiger partial charge in [-0.1, -0.05) is 6.07 Å². The van der Waals surface area contributed by atoms with Gasteiger partial charge in [0.2, 0.25) is 5.91 Å². The average Bonchev–Trinajstić information content (AvgIpc) is 2.88. The zero-order chi connectivity index (χ0) is 13.8. The van der Waals surface area contributed by atoms with Crippen LogP contribution in [0.15, 0.2) is 24.3 Å². The van der Waals surface area contributed by atoms with E-state index in [0.717, 1.165) is 13.0 Å². The molecule has 1 heterocycles. The lowest BCUT2D eigenvalue weighted by atomic mass is 10.1. The van der Waals surface area contributed by atoms with E-state index in [4.69, 9.17) is 5.73 Å². The Balaban J connectivity index is 2.21. The van der Waals surface area contributed by atoms with Gasteiger partial charge in [0.25, 0.3) is 5.91 Å². The summed E-state index contributed by atoms with van der Waals surface area (Å²) in [7, 11) is 0. The summed E-state index contributed by atoms with van der Waals surface area (Å²) in [6.07, 6.45) is 0.758. The fraction of sp³-hybridized carbons (Fsp3) is 0.385. The molecule has 1 aliphatic heterocycles. The Morgan fingerprint density at radius 3 is 2.84 bits per heavy atom. The summed E-state index contributed by atoms with van der Waals surface area (Å²) in [5.41, 5.74) is 5.41. The van der Waals surface area contributed by atoms with Crippen LogP contribution in [-0.4, -0.2) is 42.4 Å². The highest BCUT2D eigenvalue weighted by molar-refractivity contribution is 5.96. The number of hydrogen-bond donors (Lipinski definition) is 2. The summed E-state index contributed by atoms with van der Waals surface area (Å²) < 4.78 is 13.2. The van der Waals surface area contributed by atoms with Gasteiger partial charge >= 0.3 is 0 Å². The lowest BCUT2D eigenvalue weighted by Crippen LogP contribution is -2.46. The maximum absolute atomic E-state index is 13.2. The number of benzene rings is 1. The molecule has 0 saturated carbocycles. The van der Waals surface area contributed by atoms with Crippen molar-refractivity contribution in [2.75, 3.05) is 19.6 Å². The Bertz CT molecular complexity index is 487. The molecule has 19 heavy (non-hydrogen) atoms. The van der Waals surface area contributed by atoms with Crippen LogP contribution in [0.3, 0.4) is 0 Å². The molecule has 6 heteroatoms. The van der Waals surface area contributed by atoms with E-state index in [1.807, 2.05) is 0 Å². The van der Waals surface area contributed by atoms with Crippen molar-refractivity contribution < 1.29 is 14.0 Å². The molecule has 0 bridgehead atoms. The number of nitrogens with one attached hydrogen (secondary N) is 1. The van der Waals surface area contributed by atoms with E-state index in [1.165, 1.54) is 29.2 Å². The molecule has 0 aliphatic carbocycles. The summed E-state index contributed by atoms with van der Waals surface area (Å²) in [6, 6.07) is 5.35. The SMILES string of the molecule is NC(=O)CN(C(=O)c1cccc(F)c1)C1CCNC1. The molecule has 3 N–H and O–H groups in total. The van der Waals surface area contributed by atoms with E-state index in [0.29, 0.717) is 6.54 Å². The van der Waals surface area contributed by atoms with Crippen molar-refractivity contribution in [2.24, 2.45) is 5.73 Å². The Labute approximate surface area is 110 Å². The highest BCUT2D eigenvalue weighted by atomic mass is 19.1. The number of hydrogen-bond acceptors (Lipinski definition) is 3. The molecule has 0 spiro atoms. The molecule has 5 nitrogen and oxygen atoms in total. The monoisotopic (exact) mass is 265 g/mol. The summed E-state index contributed by atoms with van der Waals surface area (Å²) in [5.74, 6) is -1.42. The van der Waals surface area contributed by atoms with Crippen LogP contribution in [0, 0.1) is 5.82 Å². The Hall–Kier alpha value is -1.95.